The molecule has 0 unspecified atom stereocenters. The fraction of sp³-hybridized carbons (Fsp3) is 0.385. The van der Waals surface area contributed by atoms with Crippen molar-refractivity contribution in [3.8, 4) is 22.7 Å². The van der Waals surface area contributed by atoms with Gasteiger partial charge in [-0.1, -0.05) is 35.5 Å². The highest BCUT2D eigenvalue weighted by Gasteiger charge is 2.19. The van der Waals surface area contributed by atoms with Crippen molar-refractivity contribution in [1.29, 1.82) is 0 Å². The first-order valence-corrected chi connectivity index (χ1v) is 12.2. The van der Waals surface area contributed by atoms with E-state index in [9.17, 15) is 13.2 Å². The fourth-order valence-electron chi connectivity index (χ4n) is 4.41. The molecule has 194 valence electrons. The molecule has 1 saturated heterocycles. The smallest absolute Gasteiger partial charge is 0.314 e. The summed E-state index contributed by atoms with van der Waals surface area (Å²) in [4.78, 5) is 4.97. The number of hydrogen-bond donors (Lipinski definition) is 0. The first kappa shape index (κ1) is 25.1. The molecule has 1 aliphatic rings. The molecule has 0 amide bonds. The summed E-state index contributed by atoms with van der Waals surface area (Å²) in [5.74, 6) is -1.50. The Labute approximate surface area is 212 Å². The molecule has 11 heteroatoms. The second-order valence-corrected chi connectivity index (χ2v) is 9.46. The van der Waals surface area contributed by atoms with Crippen LogP contribution in [0.25, 0.3) is 22.7 Å². The first-order valence-electron chi connectivity index (χ1n) is 12.2. The summed E-state index contributed by atoms with van der Waals surface area (Å²) in [6.07, 6.45) is -1.12. The average Bonchev–Trinajstić information content (AvgIpc) is 3.57. The molecule has 0 spiro atoms. The van der Waals surface area contributed by atoms with E-state index in [1.807, 2.05) is 12.1 Å². The molecule has 3 heterocycles. The molecule has 0 atom stereocenters. The molecule has 0 aliphatic carbocycles. The van der Waals surface area contributed by atoms with Gasteiger partial charge >= 0.3 is 6.43 Å². The van der Waals surface area contributed by atoms with Crippen molar-refractivity contribution in [2.45, 2.75) is 39.4 Å². The van der Waals surface area contributed by atoms with Crippen molar-refractivity contribution < 1.29 is 17.6 Å². The number of alkyl halides is 2. The van der Waals surface area contributed by atoms with E-state index in [-0.39, 0.29) is 18.0 Å². The molecule has 2 aromatic carbocycles. The van der Waals surface area contributed by atoms with Crippen LogP contribution in [-0.4, -0.2) is 67.2 Å². The van der Waals surface area contributed by atoms with Gasteiger partial charge in [-0.25, -0.2) is 9.07 Å². The Morgan fingerprint density at radius 1 is 0.892 bits per heavy atom. The van der Waals surface area contributed by atoms with E-state index in [2.05, 4.69) is 56.3 Å². The Hall–Kier alpha value is -3.57. The largest absolute Gasteiger partial charge is 0.415 e. The van der Waals surface area contributed by atoms with E-state index in [0.717, 1.165) is 38.3 Å². The minimum absolute atomic E-state index is 0.158. The lowest BCUT2D eigenvalue weighted by Crippen LogP contribution is -2.48. The third-order valence-corrected chi connectivity index (χ3v) is 6.59. The van der Waals surface area contributed by atoms with Crippen molar-refractivity contribution in [3.05, 3.63) is 71.5 Å². The van der Waals surface area contributed by atoms with Crippen molar-refractivity contribution in [2.75, 3.05) is 26.2 Å². The van der Waals surface area contributed by atoms with Gasteiger partial charge in [0, 0.05) is 55.5 Å². The molecule has 37 heavy (non-hydrogen) atoms. The van der Waals surface area contributed by atoms with Crippen molar-refractivity contribution in [1.82, 2.24) is 35.0 Å². The zero-order valence-electron chi connectivity index (χ0n) is 20.7. The Bertz CT molecular complexity index is 1330. The third kappa shape index (κ3) is 5.89. The van der Waals surface area contributed by atoms with Crippen LogP contribution in [0.15, 0.2) is 53.1 Å². The van der Waals surface area contributed by atoms with Crippen molar-refractivity contribution >= 4 is 0 Å². The topological polar surface area (TPSA) is 76.1 Å². The van der Waals surface area contributed by atoms with Crippen LogP contribution in [0.3, 0.4) is 0 Å². The molecular weight excluding hydrogens is 483 g/mol. The monoisotopic (exact) mass is 511 g/mol. The van der Waals surface area contributed by atoms with Gasteiger partial charge in [-0.3, -0.25) is 9.80 Å². The van der Waals surface area contributed by atoms with Gasteiger partial charge in [0.15, 0.2) is 0 Å². The number of nitrogens with zero attached hydrogens (tertiary/aromatic N) is 7. The van der Waals surface area contributed by atoms with Crippen LogP contribution in [0, 0.1) is 5.82 Å². The van der Waals surface area contributed by atoms with Crippen LogP contribution >= 0.6 is 0 Å². The Morgan fingerprint density at radius 2 is 1.62 bits per heavy atom. The number of hydrogen-bond acceptors (Lipinski definition) is 7. The summed E-state index contributed by atoms with van der Waals surface area (Å²) in [5, 5.41) is 15.2. The van der Waals surface area contributed by atoms with Crippen LogP contribution in [0.5, 0.6) is 0 Å². The van der Waals surface area contributed by atoms with Gasteiger partial charge in [0.1, 0.15) is 11.5 Å². The lowest BCUT2D eigenvalue weighted by atomic mass is 10.1. The molecule has 0 bridgehead atoms. The highest BCUT2D eigenvalue weighted by molar-refractivity contribution is 5.58. The van der Waals surface area contributed by atoms with Gasteiger partial charge in [0.05, 0.1) is 12.7 Å². The second kappa shape index (κ2) is 10.8. The van der Waals surface area contributed by atoms with E-state index in [0.29, 0.717) is 17.3 Å². The van der Waals surface area contributed by atoms with Crippen molar-refractivity contribution in [3.63, 3.8) is 0 Å². The Kier molecular flexibility index (Phi) is 7.33. The van der Waals surface area contributed by atoms with Gasteiger partial charge < -0.3 is 4.42 Å². The van der Waals surface area contributed by atoms with Gasteiger partial charge in [-0.05, 0) is 31.5 Å². The molecule has 4 aromatic rings. The molecule has 5 rings (SSSR count). The minimum atomic E-state index is -2.88. The van der Waals surface area contributed by atoms with Crippen LogP contribution in [-0.2, 0) is 13.1 Å². The standard InChI is InChI=1S/C26H28F3N7O/c1-17(2)35-11-9-34(10-12-35)14-18-3-5-19(6-4-18)23-16-36(33-30-23)15-21-8-7-20(13-22(21)27)25-31-32-26(37-25)24(28)29/h3-8,13,16-17,24H,9-12,14-15H2,1-2H3. The molecule has 1 fully saturated rings. The maximum absolute atomic E-state index is 14.7. The summed E-state index contributed by atoms with van der Waals surface area (Å²) in [6, 6.07) is 13.1. The van der Waals surface area contributed by atoms with Crippen LogP contribution in [0.2, 0.25) is 0 Å². The summed E-state index contributed by atoms with van der Waals surface area (Å²) in [7, 11) is 0. The number of aromatic nitrogens is 5. The van der Waals surface area contributed by atoms with Crippen LogP contribution in [0.4, 0.5) is 13.2 Å². The molecule has 8 nitrogen and oxygen atoms in total. The van der Waals surface area contributed by atoms with E-state index >= 15 is 0 Å². The third-order valence-electron chi connectivity index (χ3n) is 6.59. The Morgan fingerprint density at radius 3 is 2.27 bits per heavy atom. The van der Waals surface area contributed by atoms with E-state index in [1.165, 1.54) is 17.7 Å². The highest BCUT2D eigenvalue weighted by atomic mass is 19.3. The zero-order valence-corrected chi connectivity index (χ0v) is 20.7. The van der Waals surface area contributed by atoms with Crippen LogP contribution < -0.4 is 0 Å². The first-order chi connectivity index (χ1) is 17.9. The summed E-state index contributed by atoms with van der Waals surface area (Å²) < 4.78 is 46.5. The number of rotatable bonds is 8. The second-order valence-electron chi connectivity index (χ2n) is 9.46. The SMILES string of the molecule is CC(C)N1CCN(Cc2ccc(-c3cn(Cc4ccc(-c5nnc(C(F)F)o5)cc4F)nn3)cc2)CC1. The number of benzene rings is 2. The predicted molar refractivity (Wildman–Crippen MR) is 131 cm³/mol. The summed E-state index contributed by atoms with van der Waals surface area (Å²) in [5.41, 5.74) is 3.46. The van der Waals surface area contributed by atoms with Crippen LogP contribution in [0.1, 0.15) is 37.3 Å². The lowest BCUT2D eigenvalue weighted by molar-refractivity contribution is 0.104. The lowest BCUT2D eigenvalue weighted by Gasteiger charge is -2.36. The maximum atomic E-state index is 14.7. The zero-order chi connectivity index (χ0) is 25.9. The normalized spacial score (nSPS) is 15.2. The predicted octanol–water partition coefficient (Wildman–Crippen LogP) is 4.65. The van der Waals surface area contributed by atoms with Gasteiger partial charge in [-0.2, -0.15) is 8.78 Å². The highest BCUT2D eigenvalue weighted by Crippen LogP contribution is 2.25. The van der Waals surface area contributed by atoms with Crippen molar-refractivity contribution in [2.24, 2.45) is 0 Å². The fourth-order valence-corrected chi connectivity index (χ4v) is 4.41. The average molecular weight is 512 g/mol. The Balaban J connectivity index is 1.20. The van der Waals surface area contributed by atoms with E-state index < -0.39 is 18.1 Å². The van der Waals surface area contributed by atoms with E-state index in [1.54, 1.807) is 16.9 Å². The maximum Gasteiger partial charge on any atom is 0.314 e. The number of piperazine rings is 1. The van der Waals surface area contributed by atoms with Gasteiger partial charge in [-0.15, -0.1) is 15.3 Å². The van der Waals surface area contributed by atoms with E-state index in [4.69, 9.17) is 4.42 Å². The quantitative estimate of drug-likeness (QED) is 0.341. The summed E-state index contributed by atoms with van der Waals surface area (Å²) in [6.45, 7) is 9.88. The molecule has 0 N–H and O–H groups in total. The summed E-state index contributed by atoms with van der Waals surface area (Å²) >= 11 is 0. The molecule has 2 aromatic heterocycles. The molecule has 1 aliphatic heterocycles. The minimum Gasteiger partial charge on any atom is -0.415 e. The number of halogens is 3. The molecule has 0 saturated carbocycles. The van der Waals surface area contributed by atoms with Gasteiger partial charge in [0.25, 0.3) is 5.89 Å². The molecular formula is C26H28F3N7O. The molecule has 0 radical (unpaired) electrons. The van der Waals surface area contributed by atoms with Gasteiger partial charge in [0.2, 0.25) is 5.89 Å².